The third kappa shape index (κ3) is 9.56. The standard InChI is InChI=1S/C26H26O2S.C7H12.CH4O/c1-19-16-21(7-6-20-4-3-5-20)18-26(17-19)29-25-14-12-24(13-15-25)28-23-10-8-22(27-2)9-11-23;1-2-6(1)5-7-3-4-7;1-2/h6,8-18H,3-5,7H2,1-2H3;6-7H,1-5H2;2H,1H3. The van der Waals surface area contributed by atoms with Gasteiger partial charge in [0.15, 0.2) is 0 Å². The molecule has 0 bridgehead atoms. The smallest absolute Gasteiger partial charge is 0.127 e. The zero-order valence-corrected chi connectivity index (χ0v) is 23.9. The maximum atomic E-state index is 7.00. The van der Waals surface area contributed by atoms with E-state index in [1.165, 1.54) is 52.0 Å². The van der Waals surface area contributed by atoms with Gasteiger partial charge >= 0.3 is 0 Å². The highest BCUT2D eigenvalue weighted by atomic mass is 32.2. The topological polar surface area (TPSA) is 38.7 Å². The molecule has 0 atom stereocenters. The molecule has 0 saturated heterocycles. The van der Waals surface area contributed by atoms with Crippen LogP contribution in [-0.4, -0.2) is 19.3 Å². The van der Waals surface area contributed by atoms with Gasteiger partial charge in [0.05, 0.1) is 7.11 Å². The molecule has 1 N–H and O–H groups in total. The van der Waals surface area contributed by atoms with Crippen LogP contribution in [0.25, 0.3) is 0 Å². The lowest BCUT2D eigenvalue weighted by atomic mass is 9.91. The molecular weight excluding hydrogens is 488 g/mol. The number of allylic oxidation sites excluding steroid dienone is 2. The van der Waals surface area contributed by atoms with Crippen LogP contribution >= 0.6 is 11.8 Å². The van der Waals surface area contributed by atoms with Crippen molar-refractivity contribution in [2.45, 2.75) is 74.5 Å². The van der Waals surface area contributed by atoms with E-state index in [0.717, 1.165) is 30.8 Å². The fourth-order valence-electron chi connectivity index (χ4n) is 4.52. The van der Waals surface area contributed by atoms with Crippen molar-refractivity contribution >= 4 is 11.8 Å². The molecule has 3 fully saturated rings. The Balaban J connectivity index is 0.000000315. The number of hydrogen-bond donors (Lipinski definition) is 1. The second-order valence-corrected chi connectivity index (χ2v) is 11.7. The van der Waals surface area contributed by atoms with E-state index in [0.29, 0.717) is 0 Å². The fourth-order valence-corrected chi connectivity index (χ4v) is 5.52. The molecule has 0 spiro atoms. The Hall–Kier alpha value is -2.69. The molecule has 0 unspecified atom stereocenters. The van der Waals surface area contributed by atoms with E-state index in [-0.39, 0.29) is 0 Å². The van der Waals surface area contributed by atoms with Crippen LogP contribution in [0.3, 0.4) is 0 Å². The van der Waals surface area contributed by atoms with E-state index < -0.39 is 0 Å². The van der Waals surface area contributed by atoms with Crippen LogP contribution < -0.4 is 9.47 Å². The lowest BCUT2D eigenvalue weighted by molar-refractivity contribution is 0.399. The molecule has 0 aromatic heterocycles. The van der Waals surface area contributed by atoms with Gasteiger partial charge in [0.2, 0.25) is 0 Å². The van der Waals surface area contributed by atoms with Gasteiger partial charge in [-0.25, -0.2) is 0 Å². The molecule has 3 aromatic carbocycles. The van der Waals surface area contributed by atoms with Gasteiger partial charge in [-0.1, -0.05) is 55.2 Å². The van der Waals surface area contributed by atoms with Gasteiger partial charge < -0.3 is 14.6 Å². The Bertz CT molecular complexity index is 1140. The maximum Gasteiger partial charge on any atom is 0.127 e. The third-order valence-electron chi connectivity index (χ3n) is 7.15. The van der Waals surface area contributed by atoms with Gasteiger partial charge in [0, 0.05) is 16.9 Å². The molecule has 3 aromatic rings. The molecule has 0 amide bonds. The SMILES string of the molecule is C1CC1CC1CC1.CO.COc1ccc(Oc2ccc(Sc3cc(C)cc(CC=C4CCC4)c3)cc2)cc1. The molecule has 3 saturated carbocycles. The highest BCUT2D eigenvalue weighted by Crippen LogP contribution is 2.44. The zero-order valence-electron chi connectivity index (χ0n) is 23.1. The molecule has 3 aliphatic carbocycles. The quantitative estimate of drug-likeness (QED) is 0.280. The van der Waals surface area contributed by atoms with Gasteiger partial charge in [0.25, 0.3) is 0 Å². The van der Waals surface area contributed by atoms with Crippen LogP contribution in [0, 0.1) is 18.8 Å². The Kier molecular flexibility index (Phi) is 10.8. The Morgan fingerprint density at radius 1 is 0.789 bits per heavy atom. The van der Waals surface area contributed by atoms with Gasteiger partial charge in [0.1, 0.15) is 17.2 Å². The van der Waals surface area contributed by atoms with Crippen molar-refractivity contribution in [2.24, 2.45) is 11.8 Å². The minimum Gasteiger partial charge on any atom is -0.497 e. The van der Waals surface area contributed by atoms with E-state index in [1.54, 1.807) is 56.5 Å². The number of methoxy groups -OCH3 is 1. The molecule has 3 nitrogen and oxygen atoms in total. The number of benzene rings is 3. The van der Waals surface area contributed by atoms with Crippen LogP contribution in [-0.2, 0) is 6.42 Å². The number of ether oxygens (including phenoxy) is 2. The van der Waals surface area contributed by atoms with Crippen LogP contribution in [0.15, 0.2) is 88.2 Å². The minimum atomic E-state index is 0.801. The normalized spacial score (nSPS) is 15.7. The molecule has 0 heterocycles. The Labute approximate surface area is 233 Å². The van der Waals surface area contributed by atoms with Gasteiger partial charge in [-0.15, -0.1) is 0 Å². The van der Waals surface area contributed by atoms with Crippen molar-refractivity contribution in [1.29, 1.82) is 0 Å². The van der Waals surface area contributed by atoms with Crippen LogP contribution in [0.4, 0.5) is 0 Å². The van der Waals surface area contributed by atoms with E-state index in [4.69, 9.17) is 14.6 Å². The number of aliphatic hydroxyl groups excluding tert-OH is 1. The number of hydrogen-bond acceptors (Lipinski definition) is 4. The predicted octanol–water partition coefficient (Wildman–Crippen LogP) is 9.40. The van der Waals surface area contributed by atoms with Crippen molar-refractivity contribution in [1.82, 2.24) is 0 Å². The monoisotopic (exact) mass is 530 g/mol. The zero-order chi connectivity index (χ0) is 26.7. The summed E-state index contributed by atoms with van der Waals surface area (Å²) >= 11 is 1.80. The summed E-state index contributed by atoms with van der Waals surface area (Å²) in [7, 11) is 2.66. The second kappa shape index (κ2) is 14.5. The number of aryl methyl sites for hydroxylation is 1. The van der Waals surface area contributed by atoms with E-state index >= 15 is 0 Å². The molecule has 38 heavy (non-hydrogen) atoms. The summed E-state index contributed by atoms with van der Waals surface area (Å²) in [6, 6.07) is 22.8. The molecule has 4 heteroatoms. The molecule has 6 rings (SSSR count). The van der Waals surface area contributed by atoms with Gasteiger partial charge in [-0.2, -0.15) is 0 Å². The maximum absolute atomic E-state index is 7.00. The van der Waals surface area contributed by atoms with E-state index in [9.17, 15) is 0 Å². The van der Waals surface area contributed by atoms with Crippen LogP contribution in [0.2, 0.25) is 0 Å². The summed E-state index contributed by atoms with van der Waals surface area (Å²) in [5.74, 6) is 4.83. The van der Waals surface area contributed by atoms with Crippen molar-refractivity contribution in [3.8, 4) is 17.2 Å². The average molecular weight is 531 g/mol. The molecule has 0 aliphatic heterocycles. The number of rotatable bonds is 9. The first-order chi connectivity index (χ1) is 18.6. The van der Waals surface area contributed by atoms with Crippen molar-refractivity contribution in [3.05, 3.63) is 89.5 Å². The average Bonchev–Trinajstić information content (AvgIpc) is 3.85. The summed E-state index contributed by atoms with van der Waals surface area (Å²) < 4.78 is 11.1. The Morgan fingerprint density at radius 2 is 1.37 bits per heavy atom. The van der Waals surface area contributed by atoms with Gasteiger partial charge in [-0.05, 0) is 123 Å². The summed E-state index contributed by atoms with van der Waals surface area (Å²) in [5.41, 5.74) is 4.33. The van der Waals surface area contributed by atoms with Crippen LogP contribution in [0.5, 0.6) is 17.2 Å². The fraction of sp³-hybridized carbons (Fsp3) is 0.412. The summed E-state index contributed by atoms with van der Waals surface area (Å²) in [4.78, 5) is 2.50. The second-order valence-electron chi connectivity index (χ2n) is 10.5. The van der Waals surface area contributed by atoms with Crippen molar-refractivity contribution in [2.75, 3.05) is 14.2 Å². The van der Waals surface area contributed by atoms with Gasteiger partial charge in [-0.3, -0.25) is 0 Å². The summed E-state index contributed by atoms with van der Waals surface area (Å²) in [6.07, 6.45) is 15.2. The molecule has 202 valence electrons. The third-order valence-corrected chi connectivity index (χ3v) is 8.13. The summed E-state index contributed by atoms with van der Waals surface area (Å²) in [5, 5.41) is 7.00. The van der Waals surface area contributed by atoms with Crippen molar-refractivity contribution in [3.63, 3.8) is 0 Å². The highest BCUT2D eigenvalue weighted by molar-refractivity contribution is 7.99. The van der Waals surface area contributed by atoms with E-state index in [2.05, 4.69) is 43.3 Å². The lowest BCUT2D eigenvalue weighted by Crippen LogP contribution is -1.97. The first-order valence-corrected chi connectivity index (χ1v) is 14.8. The van der Waals surface area contributed by atoms with Crippen molar-refractivity contribution < 1.29 is 14.6 Å². The molecule has 3 aliphatic rings. The van der Waals surface area contributed by atoms with Crippen LogP contribution in [0.1, 0.15) is 62.5 Å². The largest absolute Gasteiger partial charge is 0.497 e. The molecule has 0 radical (unpaired) electrons. The number of aliphatic hydroxyl groups is 1. The highest BCUT2D eigenvalue weighted by Gasteiger charge is 2.30. The summed E-state index contributed by atoms with van der Waals surface area (Å²) in [6.45, 7) is 2.18. The first kappa shape index (κ1) is 28.3. The predicted molar refractivity (Wildman–Crippen MR) is 159 cm³/mol. The lowest BCUT2D eigenvalue weighted by Gasteiger charge is -2.16. The minimum absolute atomic E-state index is 0.801. The Morgan fingerprint density at radius 3 is 1.89 bits per heavy atom. The molecular formula is C34H42O3S. The first-order valence-electron chi connectivity index (χ1n) is 14.0. The van der Waals surface area contributed by atoms with E-state index in [1.807, 2.05) is 36.4 Å².